The van der Waals surface area contributed by atoms with Crippen LogP contribution in [0.15, 0.2) is 42.7 Å². The van der Waals surface area contributed by atoms with Crippen LogP contribution in [0.5, 0.6) is 0 Å². The Morgan fingerprint density at radius 1 is 1.43 bits per heavy atom. The highest BCUT2D eigenvalue weighted by Crippen LogP contribution is 2.33. The lowest BCUT2D eigenvalue weighted by atomic mass is 9.87. The van der Waals surface area contributed by atoms with Crippen molar-refractivity contribution in [1.82, 2.24) is 15.1 Å². The molecule has 2 N–H and O–H groups in total. The number of aromatic nitrogens is 2. The third-order valence-electron chi connectivity index (χ3n) is 3.84. The number of rotatable bonds is 4. The predicted molar refractivity (Wildman–Crippen MR) is 82.1 cm³/mol. The van der Waals surface area contributed by atoms with E-state index in [1.54, 1.807) is 6.20 Å². The van der Waals surface area contributed by atoms with E-state index in [2.05, 4.69) is 22.7 Å². The van der Waals surface area contributed by atoms with Crippen molar-refractivity contribution in [1.29, 1.82) is 0 Å². The molecule has 3 rings (SSSR count). The van der Waals surface area contributed by atoms with Crippen LogP contribution in [0.1, 0.15) is 24.8 Å². The average molecular weight is 284 g/mol. The lowest BCUT2D eigenvalue weighted by Crippen LogP contribution is -2.37. The van der Waals surface area contributed by atoms with Gasteiger partial charge in [0.2, 0.25) is 5.91 Å². The molecule has 0 bridgehead atoms. The van der Waals surface area contributed by atoms with Gasteiger partial charge in [-0.05, 0) is 31.0 Å². The number of carbonyl (C=O) groups excluding carboxylic acids is 1. The molecule has 1 aromatic heterocycles. The molecule has 2 heterocycles. The molecule has 0 radical (unpaired) electrons. The first-order chi connectivity index (χ1) is 10.2. The summed E-state index contributed by atoms with van der Waals surface area (Å²) < 4.78 is 1.82. The van der Waals surface area contributed by atoms with Crippen LogP contribution in [-0.4, -0.2) is 28.3 Å². The number of benzene rings is 1. The van der Waals surface area contributed by atoms with Crippen LogP contribution in [0.2, 0.25) is 0 Å². The first-order valence-electron chi connectivity index (χ1n) is 7.34. The fourth-order valence-corrected chi connectivity index (χ4v) is 2.84. The Hall–Kier alpha value is -2.30. The van der Waals surface area contributed by atoms with Gasteiger partial charge in [0.15, 0.2) is 0 Å². The summed E-state index contributed by atoms with van der Waals surface area (Å²) >= 11 is 0. The molecule has 2 aromatic rings. The summed E-state index contributed by atoms with van der Waals surface area (Å²) in [6.07, 6.45) is 4.46. The SMILES string of the molecule is CC1CC(C(=O)NCCn2cccn2)c2ccccc2N1. The molecule has 1 amide bonds. The second-order valence-corrected chi connectivity index (χ2v) is 5.48. The van der Waals surface area contributed by atoms with Gasteiger partial charge in [0, 0.05) is 30.7 Å². The van der Waals surface area contributed by atoms with Gasteiger partial charge in [-0.2, -0.15) is 5.10 Å². The Bertz CT molecular complexity index is 608. The molecule has 5 nitrogen and oxygen atoms in total. The predicted octanol–water partition coefficient (Wildman–Crippen LogP) is 1.99. The summed E-state index contributed by atoms with van der Waals surface area (Å²) in [5, 5.41) is 10.6. The van der Waals surface area contributed by atoms with E-state index >= 15 is 0 Å². The standard InChI is InChI=1S/C16H20N4O/c1-12-11-14(13-5-2-3-6-15(13)19-12)16(21)17-8-10-20-9-4-7-18-20/h2-7,9,12,14,19H,8,10-11H2,1H3,(H,17,21). The molecule has 0 aliphatic carbocycles. The van der Waals surface area contributed by atoms with E-state index in [1.165, 1.54) is 0 Å². The minimum Gasteiger partial charge on any atom is -0.382 e. The summed E-state index contributed by atoms with van der Waals surface area (Å²) in [4.78, 5) is 12.5. The molecule has 2 atom stereocenters. The summed E-state index contributed by atoms with van der Waals surface area (Å²) in [5.41, 5.74) is 2.16. The van der Waals surface area contributed by atoms with Crippen molar-refractivity contribution in [2.75, 3.05) is 11.9 Å². The molecular weight excluding hydrogens is 264 g/mol. The van der Waals surface area contributed by atoms with E-state index in [0.29, 0.717) is 19.1 Å². The van der Waals surface area contributed by atoms with Crippen molar-refractivity contribution in [2.45, 2.75) is 31.8 Å². The van der Waals surface area contributed by atoms with Crippen LogP contribution in [0.4, 0.5) is 5.69 Å². The molecule has 1 aliphatic heterocycles. The van der Waals surface area contributed by atoms with Crippen LogP contribution < -0.4 is 10.6 Å². The second kappa shape index (κ2) is 5.99. The smallest absolute Gasteiger partial charge is 0.227 e. The topological polar surface area (TPSA) is 59.0 Å². The number of hydrogen-bond donors (Lipinski definition) is 2. The van der Waals surface area contributed by atoms with Gasteiger partial charge >= 0.3 is 0 Å². The number of nitrogens with one attached hydrogen (secondary N) is 2. The maximum Gasteiger partial charge on any atom is 0.227 e. The van der Waals surface area contributed by atoms with Crippen LogP contribution in [0.25, 0.3) is 0 Å². The molecular formula is C16H20N4O. The van der Waals surface area contributed by atoms with Gasteiger partial charge in [0.05, 0.1) is 12.5 Å². The number of anilines is 1. The van der Waals surface area contributed by atoms with Gasteiger partial charge < -0.3 is 10.6 Å². The minimum atomic E-state index is -0.0740. The summed E-state index contributed by atoms with van der Waals surface area (Å²) in [6.45, 7) is 3.40. The monoisotopic (exact) mass is 284 g/mol. The molecule has 21 heavy (non-hydrogen) atoms. The van der Waals surface area contributed by atoms with E-state index in [-0.39, 0.29) is 11.8 Å². The Labute approximate surface area is 124 Å². The van der Waals surface area contributed by atoms with E-state index < -0.39 is 0 Å². The van der Waals surface area contributed by atoms with Gasteiger partial charge in [-0.3, -0.25) is 9.48 Å². The zero-order chi connectivity index (χ0) is 14.7. The van der Waals surface area contributed by atoms with Crippen molar-refractivity contribution in [3.05, 3.63) is 48.3 Å². The molecule has 2 unspecified atom stereocenters. The molecule has 1 aromatic carbocycles. The van der Waals surface area contributed by atoms with Crippen molar-refractivity contribution in [3.63, 3.8) is 0 Å². The maximum atomic E-state index is 12.5. The number of fused-ring (bicyclic) bond motifs is 1. The summed E-state index contributed by atoms with van der Waals surface area (Å²) in [6, 6.07) is 10.2. The normalized spacial score (nSPS) is 20.4. The van der Waals surface area contributed by atoms with E-state index in [4.69, 9.17) is 0 Å². The second-order valence-electron chi connectivity index (χ2n) is 5.48. The first-order valence-corrected chi connectivity index (χ1v) is 7.34. The average Bonchev–Trinajstić information content (AvgIpc) is 2.99. The lowest BCUT2D eigenvalue weighted by Gasteiger charge is -2.30. The molecule has 0 fully saturated rings. The Morgan fingerprint density at radius 3 is 3.10 bits per heavy atom. The van der Waals surface area contributed by atoms with E-state index in [9.17, 15) is 4.79 Å². The van der Waals surface area contributed by atoms with Crippen LogP contribution in [0.3, 0.4) is 0 Å². The molecule has 110 valence electrons. The highest BCUT2D eigenvalue weighted by molar-refractivity contribution is 5.86. The quantitative estimate of drug-likeness (QED) is 0.902. The van der Waals surface area contributed by atoms with Crippen LogP contribution >= 0.6 is 0 Å². The van der Waals surface area contributed by atoms with Gasteiger partial charge in [-0.1, -0.05) is 18.2 Å². The van der Waals surface area contributed by atoms with Crippen molar-refractivity contribution >= 4 is 11.6 Å². The number of nitrogens with zero attached hydrogens (tertiary/aromatic N) is 2. The first kappa shape index (κ1) is 13.7. The van der Waals surface area contributed by atoms with Gasteiger partial charge in [-0.25, -0.2) is 0 Å². The van der Waals surface area contributed by atoms with Crippen LogP contribution in [-0.2, 0) is 11.3 Å². The third-order valence-corrected chi connectivity index (χ3v) is 3.84. The fourth-order valence-electron chi connectivity index (χ4n) is 2.84. The molecule has 0 saturated heterocycles. The highest BCUT2D eigenvalue weighted by Gasteiger charge is 2.29. The van der Waals surface area contributed by atoms with E-state index in [0.717, 1.165) is 17.7 Å². The maximum absolute atomic E-state index is 12.5. The number of carbonyl (C=O) groups is 1. The third kappa shape index (κ3) is 3.07. The Morgan fingerprint density at radius 2 is 2.29 bits per heavy atom. The van der Waals surface area contributed by atoms with Crippen molar-refractivity contribution in [2.24, 2.45) is 0 Å². The fraction of sp³-hybridized carbons (Fsp3) is 0.375. The van der Waals surface area contributed by atoms with E-state index in [1.807, 2.05) is 41.2 Å². The largest absolute Gasteiger partial charge is 0.382 e. The molecule has 0 saturated carbocycles. The number of amides is 1. The zero-order valence-corrected chi connectivity index (χ0v) is 12.1. The van der Waals surface area contributed by atoms with Gasteiger partial charge in [0.25, 0.3) is 0 Å². The van der Waals surface area contributed by atoms with Crippen molar-refractivity contribution in [3.8, 4) is 0 Å². The van der Waals surface area contributed by atoms with Crippen molar-refractivity contribution < 1.29 is 4.79 Å². The minimum absolute atomic E-state index is 0.0740. The van der Waals surface area contributed by atoms with Gasteiger partial charge in [0.1, 0.15) is 0 Å². The number of hydrogen-bond acceptors (Lipinski definition) is 3. The Kier molecular flexibility index (Phi) is 3.90. The number of para-hydroxylation sites is 1. The summed E-state index contributed by atoms with van der Waals surface area (Å²) in [7, 11) is 0. The van der Waals surface area contributed by atoms with Crippen LogP contribution in [0, 0.1) is 0 Å². The molecule has 5 heteroatoms. The zero-order valence-electron chi connectivity index (χ0n) is 12.1. The Balaban J connectivity index is 1.64. The summed E-state index contributed by atoms with van der Waals surface area (Å²) in [5.74, 6) is 0.0260. The van der Waals surface area contributed by atoms with Gasteiger partial charge in [-0.15, -0.1) is 0 Å². The molecule has 0 spiro atoms. The lowest BCUT2D eigenvalue weighted by molar-refractivity contribution is -0.122. The highest BCUT2D eigenvalue weighted by atomic mass is 16.1. The molecule has 1 aliphatic rings.